The fourth-order valence-corrected chi connectivity index (χ4v) is 3.86. The van der Waals surface area contributed by atoms with Gasteiger partial charge in [0.1, 0.15) is 5.60 Å². The number of nitrogens with one attached hydrogen (secondary N) is 1. The SMILES string of the molecule is CO[C@@H]1CCN(CC(=O)Nc2cccc(C(F)(F)F)c2)C[C@]12CCCO2. The fourth-order valence-electron chi connectivity index (χ4n) is 3.86. The van der Waals surface area contributed by atoms with Crippen molar-refractivity contribution in [2.45, 2.75) is 37.1 Å². The molecule has 2 heterocycles. The van der Waals surface area contributed by atoms with Gasteiger partial charge in [0.15, 0.2) is 0 Å². The van der Waals surface area contributed by atoms with Crippen LogP contribution in [0.15, 0.2) is 24.3 Å². The highest BCUT2D eigenvalue weighted by molar-refractivity contribution is 5.92. The summed E-state index contributed by atoms with van der Waals surface area (Å²) in [6.45, 7) is 2.06. The number of benzene rings is 1. The summed E-state index contributed by atoms with van der Waals surface area (Å²) in [6.07, 6.45) is -1.82. The van der Waals surface area contributed by atoms with Crippen LogP contribution in [0.3, 0.4) is 0 Å². The first kappa shape index (κ1) is 19.1. The van der Waals surface area contributed by atoms with Crippen molar-refractivity contribution in [1.29, 1.82) is 0 Å². The highest BCUT2D eigenvalue weighted by Gasteiger charge is 2.47. The molecule has 1 amide bonds. The van der Waals surface area contributed by atoms with E-state index in [1.165, 1.54) is 12.1 Å². The van der Waals surface area contributed by atoms with Crippen molar-refractivity contribution in [2.75, 3.05) is 38.7 Å². The summed E-state index contributed by atoms with van der Waals surface area (Å²) >= 11 is 0. The second-order valence-corrected chi connectivity index (χ2v) is 6.87. The number of methoxy groups -OCH3 is 1. The van der Waals surface area contributed by atoms with E-state index in [0.29, 0.717) is 19.7 Å². The molecule has 1 aromatic carbocycles. The number of carbonyl (C=O) groups is 1. The predicted molar refractivity (Wildman–Crippen MR) is 89.8 cm³/mol. The molecule has 2 saturated heterocycles. The molecular weight excluding hydrogens is 349 g/mol. The number of hydrogen-bond acceptors (Lipinski definition) is 4. The standard InChI is InChI=1S/C18H23F3N2O3/c1-25-15-6-8-23(12-17(15)7-3-9-26-17)11-16(24)22-14-5-2-4-13(10-14)18(19,20)21/h2,4-5,10,15H,3,6-9,11-12H2,1H3,(H,22,24)/t15-,17-/m1/s1. The zero-order valence-electron chi connectivity index (χ0n) is 14.6. The Kier molecular flexibility index (Phi) is 5.55. The van der Waals surface area contributed by atoms with Crippen molar-refractivity contribution in [3.8, 4) is 0 Å². The van der Waals surface area contributed by atoms with Crippen molar-refractivity contribution in [3.05, 3.63) is 29.8 Å². The molecule has 3 rings (SSSR count). The van der Waals surface area contributed by atoms with Crippen LogP contribution in [-0.2, 0) is 20.4 Å². The van der Waals surface area contributed by atoms with E-state index in [1.54, 1.807) is 7.11 Å². The summed E-state index contributed by atoms with van der Waals surface area (Å²) in [4.78, 5) is 14.3. The quantitative estimate of drug-likeness (QED) is 0.883. The number of anilines is 1. The molecule has 0 aliphatic carbocycles. The van der Waals surface area contributed by atoms with E-state index in [4.69, 9.17) is 9.47 Å². The van der Waals surface area contributed by atoms with Crippen LogP contribution in [0.4, 0.5) is 18.9 Å². The Morgan fingerprint density at radius 1 is 1.46 bits per heavy atom. The van der Waals surface area contributed by atoms with Crippen LogP contribution in [0.1, 0.15) is 24.8 Å². The normalized spacial score (nSPS) is 27.0. The van der Waals surface area contributed by atoms with Crippen LogP contribution < -0.4 is 5.32 Å². The number of alkyl halides is 3. The predicted octanol–water partition coefficient (Wildman–Crippen LogP) is 2.91. The van der Waals surface area contributed by atoms with Crippen LogP contribution in [0.5, 0.6) is 0 Å². The summed E-state index contributed by atoms with van der Waals surface area (Å²) < 4.78 is 49.8. The number of likely N-dealkylation sites (tertiary alicyclic amines) is 1. The van der Waals surface area contributed by atoms with Gasteiger partial charge in [0.25, 0.3) is 0 Å². The summed E-state index contributed by atoms with van der Waals surface area (Å²) in [5.41, 5.74) is -1.03. The lowest BCUT2D eigenvalue weighted by Gasteiger charge is -2.44. The van der Waals surface area contributed by atoms with Crippen LogP contribution in [0.2, 0.25) is 0 Å². The first-order chi connectivity index (χ1) is 12.3. The summed E-state index contributed by atoms with van der Waals surface area (Å²) in [5, 5.41) is 2.55. The lowest BCUT2D eigenvalue weighted by Crippen LogP contribution is -2.58. The smallest absolute Gasteiger partial charge is 0.378 e. The van der Waals surface area contributed by atoms with Crippen molar-refractivity contribution in [3.63, 3.8) is 0 Å². The Labute approximate surface area is 150 Å². The van der Waals surface area contributed by atoms with Crippen LogP contribution in [0.25, 0.3) is 0 Å². The van der Waals surface area contributed by atoms with E-state index >= 15 is 0 Å². The number of hydrogen-bond donors (Lipinski definition) is 1. The highest BCUT2D eigenvalue weighted by Crippen LogP contribution is 2.36. The van der Waals surface area contributed by atoms with E-state index in [2.05, 4.69) is 5.32 Å². The Hall–Kier alpha value is -1.64. The average molecular weight is 372 g/mol. The van der Waals surface area contributed by atoms with Crippen LogP contribution in [-0.4, -0.2) is 55.9 Å². The van der Waals surface area contributed by atoms with Gasteiger partial charge in [-0.25, -0.2) is 0 Å². The molecule has 8 heteroatoms. The molecule has 0 unspecified atom stereocenters. The Morgan fingerprint density at radius 2 is 2.27 bits per heavy atom. The zero-order valence-corrected chi connectivity index (χ0v) is 14.6. The Bertz CT molecular complexity index is 645. The molecule has 26 heavy (non-hydrogen) atoms. The van der Waals surface area contributed by atoms with Gasteiger partial charge in [0.2, 0.25) is 5.91 Å². The minimum absolute atomic E-state index is 0.00720. The number of piperidine rings is 1. The van der Waals surface area contributed by atoms with Crippen molar-refractivity contribution >= 4 is 11.6 Å². The maximum atomic E-state index is 12.8. The van der Waals surface area contributed by atoms with E-state index in [9.17, 15) is 18.0 Å². The molecule has 5 nitrogen and oxygen atoms in total. The first-order valence-electron chi connectivity index (χ1n) is 8.69. The molecule has 2 aliphatic heterocycles. The number of carbonyl (C=O) groups excluding carboxylic acids is 1. The molecule has 0 aromatic heterocycles. The van der Waals surface area contributed by atoms with Gasteiger partial charge in [-0.2, -0.15) is 13.2 Å². The number of amides is 1. The summed E-state index contributed by atoms with van der Waals surface area (Å²) in [7, 11) is 1.67. The van der Waals surface area contributed by atoms with Gasteiger partial charge in [-0.05, 0) is 37.5 Å². The lowest BCUT2D eigenvalue weighted by atomic mass is 9.87. The van der Waals surface area contributed by atoms with Crippen molar-refractivity contribution in [2.24, 2.45) is 0 Å². The molecule has 0 bridgehead atoms. The van der Waals surface area contributed by atoms with E-state index < -0.39 is 11.7 Å². The molecule has 2 aliphatic rings. The summed E-state index contributed by atoms with van der Waals surface area (Å²) in [5.74, 6) is -0.340. The third-order valence-electron chi connectivity index (χ3n) is 5.04. The van der Waals surface area contributed by atoms with Crippen LogP contribution >= 0.6 is 0 Å². The molecule has 1 N–H and O–H groups in total. The fraction of sp³-hybridized carbons (Fsp3) is 0.611. The van der Waals surface area contributed by atoms with E-state index in [-0.39, 0.29) is 29.8 Å². The average Bonchev–Trinajstić information content (AvgIpc) is 3.03. The van der Waals surface area contributed by atoms with Crippen molar-refractivity contribution in [1.82, 2.24) is 4.90 Å². The summed E-state index contributed by atoms with van der Waals surface area (Å²) in [6, 6.07) is 4.65. The van der Waals surface area contributed by atoms with Gasteiger partial charge in [0.05, 0.1) is 18.2 Å². The second-order valence-electron chi connectivity index (χ2n) is 6.87. The number of rotatable bonds is 4. The molecule has 2 atom stereocenters. The Balaban J connectivity index is 1.60. The maximum Gasteiger partial charge on any atom is 0.416 e. The van der Waals surface area contributed by atoms with Gasteiger partial charge in [-0.3, -0.25) is 9.69 Å². The molecule has 1 spiro atoms. The first-order valence-corrected chi connectivity index (χ1v) is 8.69. The Morgan fingerprint density at radius 3 is 2.92 bits per heavy atom. The molecule has 0 radical (unpaired) electrons. The van der Waals surface area contributed by atoms with E-state index in [1.807, 2.05) is 4.90 Å². The monoisotopic (exact) mass is 372 g/mol. The number of ether oxygens (including phenoxy) is 2. The third kappa shape index (κ3) is 4.19. The largest absolute Gasteiger partial charge is 0.416 e. The van der Waals surface area contributed by atoms with Gasteiger partial charge in [0, 0.05) is 32.5 Å². The molecule has 1 aromatic rings. The van der Waals surface area contributed by atoms with Crippen LogP contribution in [0, 0.1) is 0 Å². The zero-order chi connectivity index (χ0) is 18.8. The number of halogens is 3. The molecule has 0 saturated carbocycles. The topological polar surface area (TPSA) is 50.8 Å². The maximum absolute atomic E-state index is 12.8. The molecule has 144 valence electrons. The van der Waals surface area contributed by atoms with Gasteiger partial charge in [-0.1, -0.05) is 6.07 Å². The third-order valence-corrected chi connectivity index (χ3v) is 5.04. The van der Waals surface area contributed by atoms with Gasteiger partial charge in [-0.15, -0.1) is 0 Å². The highest BCUT2D eigenvalue weighted by atomic mass is 19.4. The number of nitrogens with zero attached hydrogens (tertiary/aromatic N) is 1. The lowest BCUT2D eigenvalue weighted by molar-refractivity contribution is -0.146. The van der Waals surface area contributed by atoms with Gasteiger partial charge < -0.3 is 14.8 Å². The minimum atomic E-state index is -4.44. The molecule has 2 fully saturated rings. The second kappa shape index (κ2) is 7.54. The molecular formula is C18H23F3N2O3. The van der Waals surface area contributed by atoms with Crippen molar-refractivity contribution < 1.29 is 27.4 Å². The van der Waals surface area contributed by atoms with Gasteiger partial charge >= 0.3 is 6.18 Å². The van der Waals surface area contributed by atoms with E-state index in [0.717, 1.165) is 31.4 Å². The minimum Gasteiger partial charge on any atom is -0.378 e.